The van der Waals surface area contributed by atoms with Crippen molar-refractivity contribution in [3.8, 4) is 11.1 Å². The van der Waals surface area contributed by atoms with Crippen molar-refractivity contribution in [2.24, 2.45) is 0 Å². The number of carboxylic acids is 2. The third kappa shape index (κ3) is 2.38. The van der Waals surface area contributed by atoms with Crippen molar-refractivity contribution in [3.63, 3.8) is 0 Å². The van der Waals surface area contributed by atoms with E-state index in [1.54, 1.807) is 37.3 Å². The van der Waals surface area contributed by atoms with E-state index in [1.165, 1.54) is 6.07 Å². The molecule has 0 aliphatic rings. The van der Waals surface area contributed by atoms with E-state index in [-0.39, 0.29) is 16.1 Å². The molecule has 0 radical (unpaired) electrons. The van der Waals surface area contributed by atoms with Crippen LogP contribution in [0.5, 0.6) is 0 Å². The summed E-state index contributed by atoms with van der Waals surface area (Å²) in [5.41, 5.74) is 1.19. The molecule has 0 aliphatic carbocycles. The highest BCUT2D eigenvalue weighted by Crippen LogP contribution is 2.32. The molecule has 0 heterocycles. The molecule has 0 spiro atoms. The summed E-state index contributed by atoms with van der Waals surface area (Å²) in [6.07, 6.45) is 0. The Hall–Kier alpha value is -2.33. The monoisotopic (exact) mass is 290 g/mol. The second-order valence-corrected chi connectivity index (χ2v) is 4.68. The maximum absolute atomic E-state index is 11.4. The van der Waals surface area contributed by atoms with Crippen LogP contribution in [0.3, 0.4) is 0 Å². The van der Waals surface area contributed by atoms with Crippen LogP contribution in [0.25, 0.3) is 11.1 Å². The van der Waals surface area contributed by atoms with Gasteiger partial charge in [0.15, 0.2) is 0 Å². The van der Waals surface area contributed by atoms with Crippen LogP contribution in [-0.2, 0) is 0 Å². The van der Waals surface area contributed by atoms with E-state index in [4.69, 9.17) is 11.6 Å². The molecule has 20 heavy (non-hydrogen) atoms. The normalized spacial score (nSPS) is 10.3. The summed E-state index contributed by atoms with van der Waals surface area (Å²) in [4.78, 5) is 22.8. The quantitative estimate of drug-likeness (QED) is 0.903. The standard InChI is InChI=1S/C15H11ClO4/c1-8-4-2-5-9(12(8)14(17)18)10-6-3-7-11(16)13(10)15(19)20/h2-7H,1H3,(H,17,18)(H,19,20). The fourth-order valence-corrected chi connectivity index (χ4v) is 2.40. The summed E-state index contributed by atoms with van der Waals surface area (Å²) in [7, 11) is 0. The first-order valence-corrected chi connectivity index (χ1v) is 6.16. The Kier molecular flexibility index (Phi) is 3.77. The molecule has 0 amide bonds. The van der Waals surface area contributed by atoms with Gasteiger partial charge >= 0.3 is 11.9 Å². The lowest BCUT2D eigenvalue weighted by molar-refractivity contribution is 0.0684. The Bertz CT molecular complexity index is 646. The molecular weight excluding hydrogens is 280 g/mol. The number of carbonyl (C=O) groups is 2. The molecule has 2 rings (SSSR count). The van der Waals surface area contributed by atoms with E-state index in [0.717, 1.165) is 0 Å². The summed E-state index contributed by atoms with van der Waals surface area (Å²) in [6.45, 7) is 1.66. The zero-order valence-electron chi connectivity index (χ0n) is 10.6. The molecule has 102 valence electrons. The van der Waals surface area contributed by atoms with Crippen LogP contribution in [0.2, 0.25) is 5.02 Å². The van der Waals surface area contributed by atoms with Gasteiger partial charge in [-0.15, -0.1) is 0 Å². The predicted molar refractivity (Wildman–Crippen MR) is 75.5 cm³/mol. The van der Waals surface area contributed by atoms with Crippen LogP contribution in [0.4, 0.5) is 0 Å². The van der Waals surface area contributed by atoms with Gasteiger partial charge < -0.3 is 10.2 Å². The van der Waals surface area contributed by atoms with E-state index in [1.807, 2.05) is 0 Å². The fraction of sp³-hybridized carbons (Fsp3) is 0.0667. The van der Waals surface area contributed by atoms with Crippen LogP contribution in [0.1, 0.15) is 26.3 Å². The van der Waals surface area contributed by atoms with Crippen molar-refractivity contribution in [2.75, 3.05) is 0 Å². The van der Waals surface area contributed by atoms with E-state index in [9.17, 15) is 19.8 Å². The minimum Gasteiger partial charge on any atom is -0.478 e. The number of carboxylic acid groups (broad SMARTS) is 2. The van der Waals surface area contributed by atoms with Crippen molar-refractivity contribution in [2.45, 2.75) is 6.92 Å². The summed E-state index contributed by atoms with van der Waals surface area (Å²) in [5.74, 6) is -2.29. The van der Waals surface area contributed by atoms with Crippen LogP contribution in [0, 0.1) is 6.92 Å². The molecule has 0 fully saturated rings. The van der Waals surface area contributed by atoms with Gasteiger partial charge in [-0.05, 0) is 29.7 Å². The van der Waals surface area contributed by atoms with Gasteiger partial charge in [0.1, 0.15) is 0 Å². The van der Waals surface area contributed by atoms with Crippen LogP contribution >= 0.6 is 11.6 Å². The SMILES string of the molecule is Cc1cccc(-c2cccc(Cl)c2C(=O)O)c1C(=O)O. The molecule has 0 aliphatic heterocycles. The maximum Gasteiger partial charge on any atom is 0.337 e. The molecular formula is C15H11ClO4. The van der Waals surface area contributed by atoms with Crippen molar-refractivity contribution >= 4 is 23.5 Å². The Labute approximate surface area is 120 Å². The van der Waals surface area contributed by atoms with Gasteiger partial charge in [-0.2, -0.15) is 0 Å². The van der Waals surface area contributed by atoms with Crippen LogP contribution in [-0.4, -0.2) is 22.2 Å². The summed E-state index contributed by atoms with van der Waals surface area (Å²) in [6, 6.07) is 9.54. The first-order valence-electron chi connectivity index (χ1n) is 5.78. The summed E-state index contributed by atoms with van der Waals surface area (Å²) in [5, 5.41) is 18.7. The average Bonchev–Trinajstić information content (AvgIpc) is 2.37. The number of benzene rings is 2. The number of halogens is 1. The van der Waals surface area contributed by atoms with Crippen molar-refractivity contribution in [3.05, 3.63) is 58.1 Å². The largest absolute Gasteiger partial charge is 0.478 e. The van der Waals surface area contributed by atoms with E-state index >= 15 is 0 Å². The molecule has 0 aromatic heterocycles. The van der Waals surface area contributed by atoms with Crippen molar-refractivity contribution < 1.29 is 19.8 Å². The Morgan fingerprint density at radius 2 is 1.40 bits per heavy atom. The minimum atomic E-state index is -1.19. The average molecular weight is 291 g/mol. The topological polar surface area (TPSA) is 74.6 Å². The second kappa shape index (κ2) is 5.35. The molecule has 0 unspecified atom stereocenters. The van der Waals surface area contributed by atoms with Gasteiger partial charge in [-0.3, -0.25) is 0 Å². The van der Waals surface area contributed by atoms with Crippen molar-refractivity contribution in [1.82, 2.24) is 0 Å². The number of rotatable bonds is 3. The molecule has 4 nitrogen and oxygen atoms in total. The molecule has 0 saturated carbocycles. The van der Waals surface area contributed by atoms with Gasteiger partial charge in [0, 0.05) is 0 Å². The van der Waals surface area contributed by atoms with Gasteiger partial charge in [-0.1, -0.05) is 41.9 Å². The Morgan fingerprint density at radius 3 is 1.95 bits per heavy atom. The van der Waals surface area contributed by atoms with Gasteiger partial charge in [-0.25, -0.2) is 9.59 Å². The van der Waals surface area contributed by atoms with Gasteiger partial charge in [0.25, 0.3) is 0 Å². The summed E-state index contributed by atoms with van der Waals surface area (Å²) >= 11 is 5.92. The Morgan fingerprint density at radius 1 is 0.900 bits per heavy atom. The lowest BCUT2D eigenvalue weighted by Crippen LogP contribution is -2.06. The van der Waals surface area contributed by atoms with E-state index in [0.29, 0.717) is 16.7 Å². The third-order valence-electron chi connectivity index (χ3n) is 3.00. The number of aryl methyl sites for hydroxylation is 1. The van der Waals surface area contributed by atoms with Gasteiger partial charge in [0.2, 0.25) is 0 Å². The number of hydrogen-bond donors (Lipinski definition) is 2. The Balaban J connectivity index is 2.83. The molecule has 2 aromatic rings. The fourth-order valence-electron chi connectivity index (χ4n) is 2.14. The lowest BCUT2D eigenvalue weighted by atomic mass is 9.93. The zero-order valence-corrected chi connectivity index (χ0v) is 11.3. The smallest absolute Gasteiger partial charge is 0.337 e. The van der Waals surface area contributed by atoms with Crippen molar-refractivity contribution in [1.29, 1.82) is 0 Å². The lowest BCUT2D eigenvalue weighted by Gasteiger charge is -2.12. The number of aromatic carboxylic acids is 2. The first kappa shape index (κ1) is 14.1. The highest BCUT2D eigenvalue weighted by atomic mass is 35.5. The molecule has 0 saturated heterocycles. The third-order valence-corrected chi connectivity index (χ3v) is 3.32. The molecule has 0 bridgehead atoms. The molecule has 0 atom stereocenters. The minimum absolute atomic E-state index is 0.0767. The highest BCUT2D eigenvalue weighted by molar-refractivity contribution is 6.34. The molecule has 5 heteroatoms. The first-order chi connectivity index (χ1) is 9.43. The van der Waals surface area contributed by atoms with Crippen LogP contribution < -0.4 is 0 Å². The molecule has 2 N–H and O–H groups in total. The summed E-state index contributed by atoms with van der Waals surface area (Å²) < 4.78 is 0. The maximum atomic E-state index is 11.4. The highest BCUT2D eigenvalue weighted by Gasteiger charge is 2.21. The van der Waals surface area contributed by atoms with E-state index in [2.05, 4.69) is 0 Å². The van der Waals surface area contributed by atoms with Gasteiger partial charge in [0.05, 0.1) is 16.1 Å². The van der Waals surface area contributed by atoms with E-state index < -0.39 is 11.9 Å². The molecule has 2 aromatic carbocycles. The predicted octanol–water partition coefficient (Wildman–Crippen LogP) is 3.71. The number of hydrogen-bond acceptors (Lipinski definition) is 2. The zero-order chi connectivity index (χ0) is 14.9. The second-order valence-electron chi connectivity index (χ2n) is 4.27. The van der Waals surface area contributed by atoms with Crippen LogP contribution in [0.15, 0.2) is 36.4 Å².